The third-order valence-electron chi connectivity index (χ3n) is 4.63. The van der Waals surface area contributed by atoms with Gasteiger partial charge in [0, 0.05) is 28.6 Å². The molecule has 0 spiro atoms. The fourth-order valence-electron chi connectivity index (χ4n) is 3.00. The number of non-ortho nitro benzene ring substituents is 1. The fourth-order valence-corrected chi connectivity index (χ4v) is 3.89. The van der Waals surface area contributed by atoms with Gasteiger partial charge in [0.1, 0.15) is 16.6 Å². The Morgan fingerprint density at radius 2 is 2.00 bits per heavy atom. The van der Waals surface area contributed by atoms with Crippen LogP contribution in [0.1, 0.15) is 15.9 Å². The van der Waals surface area contributed by atoms with E-state index in [2.05, 4.69) is 10.4 Å². The predicted octanol–water partition coefficient (Wildman–Crippen LogP) is 4.17. The average Bonchev–Trinajstić information content (AvgIpc) is 3.33. The standard InChI is InChI=1S/C21H17N5O4S/c1-12-5-7-13(8-6-12)20(28)24-25-10-17(27)18(19(25)22)21-23-16(11-31-21)14-3-2-4-15(9-14)26(29)30/h2-11,27H,22H2,1H3,(H,24,28). The minimum atomic E-state index is -0.475. The molecule has 0 fully saturated rings. The Morgan fingerprint density at radius 1 is 1.26 bits per heavy atom. The normalized spacial score (nSPS) is 10.7. The SMILES string of the molecule is Cc1ccc(C(=O)Nn2cc(O)c(-c3nc(-c4cccc([N+](=O)[O-])c4)cs3)c2N)cc1. The predicted molar refractivity (Wildman–Crippen MR) is 119 cm³/mol. The van der Waals surface area contributed by atoms with Gasteiger partial charge in [-0.25, -0.2) is 9.66 Å². The number of benzene rings is 2. The highest BCUT2D eigenvalue weighted by molar-refractivity contribution is 7.13. The van der Waals surface area contributed by atoms with Crippen molar-refractivity contribution in [3.63, 3.8) is 0 Å². The summed E-state index contributed by atoms with van der Waals surface area (Å²) in [4.78, 5) is 27.5. The van der Waals surface area contributed by atoms with Crippen molar-refractivity contribution in [3.8, 4) is 27.6 Å². The van der Waals surface area contributed by atoms with E-state index in [-0.39, 0.29) is 28.7 Å². The number of thiazole rings is 1. The fraction of sp³-hybridized carbons (Fsp3) is 0.0476. The summed E-state index contributed by atoms with van der Waals surface area (Å²) in [5, 5.41) is 23.6. The van der Waals surface area contributed by atoms with Crippen molar-refractivity contribution in [2.75, 3.05) is 11.2 Å². The second-order valence-electron chi connectivity index (χ2n) is 6.80. The Labute approximate surface area is 180 Å². The number of nitrogen functional groups attached to an aromatic ring is 1. The van der Waals surface area contributed by atoms with Crippen LogP contribution in [-0.2, 0) is 0 Å². The molecule has 2 aromatic heterocycles. The van der Waals surface area contributed by atoms with Gasteiger partial charge in [0.15, 0.2) is 0 Å². The maximum atomic E-state index is 12.5. The van der Waals surface area contributed by atoms with E-state index in [0.29, 0.717) is 21.8 Å². The molecule has 0 aliphatic heterocycles. The van der Waals surface area contributed by atoms with Crippen molar-refractivity contribution in [2.24, 2.45) is 0 Å². The van der Waals surface area contributed by atoms with Gasteiger partial charge in [-0.1, -0.05) is 29.8 Å². The van der Waals surface area contributed by atoms with E-state index in [9.17, 15) is 20.0 Å². The summed E-state index contributed by atoms with van der Waals surface area (Å²) in [5.41, 5.74) is 11.6. The van der Waals surface area contributed by atoms with Crippen LogP contribution in [0.3, 0.4) is 0 Å². The summed E-state index contributed by atoms with van der Waals surface area (Å²) in [5.74, 6) is -0.427. The Hall–Kier alpha value is -4.18. The van der Waals surface area contributed by atoms with Gasteiger partial charge in [-0.15, -0.1) is 11.3 Å². The van der Waals surface area contributed by atoms with Crippen LogP contribution in [-0.4, -0.2) is 25.6 Å². The van der Waals surface area contributed by atoms with Gasteiger partial charge in [0.2, 0.25) is 0 Å². The Kier molecular flexibility index (Phi) is 5.14. The quantitative estimate of drug-likeness (QED) is 0.318. The van der Waals surface area contributed by atoms with Crippen LogP contribution in [0.15, 0.2) is 60.1 Å². The number of aryl methyl sites for hydroxylation is 1. The van der Waals surface area contributed by atoms with E-state index in [1.807, 2.05) is 19.1 Å². The molecule has 31 heavy (non-hydrogen) atoms. The third kappa shape index (κ3) is 3.96. The zero-order chi connectivity index (χ0) is 22.1. The van der Waals surface area contributed by atoms with Crippen molar-refractivity contribution >= 4 is 28.7 Å². The Bertz CT molecular complexity index is 1290. The number of carbonyl (C=O) groups is 1. The van der Waals surface area contributed by atoms with E-state index >= 15 is 0 Å². The number of nitro groups is 1. The van der Waals surface area contributed by atoms with Gasteiger partial charge in [-0.3, -0.25) is 20.3 Å². The number of anilines is 1. The van der Waals surface area contributed by atoms with Gasteiger partial charge >= 0.3 is 0 Å². The van der Waals surface area contributed by atoms with Gasteiger partial charge in [-0.2, -0.15) is 0 Å². The zero-order valence-corrected chi connectivity index (χ0v) is 17.1. The van der Waals surface area contributed by atoms with Crippen LogP contribution in [0.25, 0.3) is 21.8 Å². The molecule has 10 heteroatoms. The first kappa shape index (κ1) is 20.1. The smallest absolute Gasteiger partial charge is 0.270 e. The lowest BCUT2D eigenvalue weighted by molar-refractivity contribution is -0.384. The summed E-state index contributed by atoms with van der Waals surface area (Å²) >= 11 is 1.22. The highest BCUT2D eigenvalue weighted by Gasteiger charge is 2.20. The van der Waals surface area contributed by atoms with Crippen molar-refractivity contribution in [1.82, 2.24) is 9.66 Å². The number of rotatable bonds is 5. The van der Waals surface area contributed by atoms with Crippen LogP contribution in [0, 0.1) is 17.0 Å². The number of aromatic nitrogens is 2. The average molecular weight is 435 g/mol. The number of hydrogen-bond donors (Lipinski definition) is 3. The number of nitrogens with two attached hydrogens (primary N) is 1. The lowest BCUT2D eigenvalue weighted by Crippen LogP contribution is -2.23. The van der Waals surface area contributed by atoms with E-state index in [1.54, 1.807) is 29.6 Å². The van der Waals surface area contributed by atoms with E-state index in [0.717, 1.165) is 5.56 Å². The molecule has 0 saturated carbocycles. The first-order chi connectivity index (χ1) is 14.8. The molecule has 4 N–H and O–H groups in total. The summed E-state index contributed by atoms with van der Waals surface area (Å²) in [6, 6.07) is 13.1. The van der Waals surface area contributed by atoms with E-state index in [4.69, 9.17) is 5.73 Å². The topological polar surface area (TPSA) is 136 Å². The molecule has 0 bridgehead atoms. The van der Waals surface area contributed by atoms with Crippen molar-refractivity contribution in [1.29, 1.82) is 0 Å². The summed E-state index contributed by atoms with van der Waals surface area (Å²) < 4.78 is 1.24. The maximum Gasteiger partial charge on any atom is 0.270 e. The molecular weight excluding hydrogens is 418 g/mol. The lowest BCUT2D eigenvalue weighted by Gasteiger charge is -2.08. The Morgan fingerprint density at radius 3 is 2.71 bits per heavy atom. The maximum absolute atomic E-state index is 12.5. The number of carbonyl (C=O) groups excluding carboxylic acids is 1. The van der Waals surface area contributed by atoms with Gasteiger partial charge in [0.05, 0.1) is 22.4 Å². The molecule has 4 rings (SSSR count). The second-order valence-corrected chi connectivity index (χ2v) is 7.65. The number of aromatic hydroxyl groups is 1. The molecule has 9 nitrogen and oxygen atoms in total. The van der Waals surface area contributed by atoms with Crippen molar-refractivity contribution in [2.45, 2.75) is 6.92 Å². The minimum absolute atomic E-state index is 0.0422. The molecule has 2 heterocycles. The lowest BCUT2D eigenvalue weighted by atomic mass is 10.1. The van der Waals surface area contributed by atoms with Crippen LogP contribution >= 0.6 is 11.3 Å². The molecule has 0 aliphatic carbocycles. The molecule has 0 unspecified atom stereocenters. The highest BCUT2D eigenvalue weighted by Crippen LogP contribution is 2.39. The zero-order valence-electron chi connectivity index (χ0n) is 16.3. The van der Waals surface area contributed by atoms with E-state index < -0.39 is 4.92 Å². The van der Waals surface area contributed by atoms with Gasteiger partial charge in [0.25, 0.3) is 11.6 Å². The molecule has 0 radical (unpaired) electrons. The summed E-state index contributed by atoms with van der Waals surface area (Å²) in [6.45, 7) is 1.92. The number of hydrogen-bond acceptors (Lipinski definition) is 7. The number of nitrogens with one attached hydrogen (secondary N) is 1. The second kappa shape index (κ2) is 7.92. The van der Waals surface area contributed by atoms with Gasteiger partial charge < -0.3 is 10.8 Å². The molecule has 2 aromatic carbocycles. The number of nitro benzene ring substituents is 1. The summed E-state index contributed by atoms with van der Waals surface area (Å²) in [7, 11) is 0. The molecule has 4 aromatic rings. The van der Waals surface area contributed by atoms with Crippen molar-refractivity contribution < 1.29 is 14.8 Å². The molecule has 1 amide bonds. The van der Waals surface area contributed by atoms with Crippen LogP contribution in [0.2, 0.25) is 0 Å². The van der Waals surface area contributed by atoms with Crippen LogP contribution in [0.5, 0.6) is 5.75 Å². The molecule has 0 aliphatic rings. The van der Waals surface area contributed by atoms with Crippen molar-refractivity contribution in [3.05, 3.63) is 81.3 Å². The van der Waals surface area contributed by atoms with E-state index in [1.165, 1.54) is 34.3 Å². The Balaban J connectivity index is 1.62. The monoisotopic (exact) mass is 435 g/mol. The summed E-state index contributed by atoms with van der Waals surface area (Å²) in [6.07, 6.45) is 1.30. The van der Waals surface area contributed by atoms with Crippen LogP contribution in [0.4, 0.5) is 11.5 Å². The van der Waals surface area contributed by atoms with Crippen LogP contribution < -0.4 is 11.2 Å². The minimum Gasteiger partial charge on any atom is -0.505 e. The molecule has 0 saturated heterocycles. The molecule has 156 valence electrons. The number of amides is 1. The largest absolute Gasteiger partial charge is 0.505 e. The number of nitrogens with zero attached hydrogens (tertiary/aromatic N) is 3. The first-order valence-electron chi connectivity index (χ1n) is 9.12. The molecular formula is C21H17N5O4S. The third-order valence-corrected chi connectivity index (χ3v) is 5.49. The highest BCUT2D eigenvalue weighted by atomic mass is 32.1. The molecule has 0 atom stereocenters. The van der Waals surface area contributed by atoms with Gasteiger partial charge in [-0.05, 0) is 19.1 Å². The first-order valence-corrected chi connectivity index (χ1v) is 10.00.